The third kappa shape index (κ3) is 14.4. The van der Waals surface area contributed by atoms with Crippen molar-refractivity contribution in [2.24, 2.45) is 0 Å². The second-order valence-corrected chi connectivity index (χ2v) is 17.5. The molecule has 0 bridgehead atoms. The Balaban J connectivity index is 1.06. The normalized spacial score (nSPS) is 23.5. The van der Waals surface area contributed by atoms with Crippen molar-refractivity contribution in [3.63, 3.8) is 0 Å². The van der Waals surface area contributed by atoms with E-state index in [4.69, 9.17) is 47.4 Å². The molecule has 2 heterocycles. The minimum atomic E-state index is -1.06. The highest BCUT2D eigenvalue weighted by atomic mass is 16.8. The molecule has 0 amide bonds. The standard InChI is InChI=1S/C60H62O10/c1-8-22-45(23-9-1)36-61-43-53-55(64-39-48-28-14-4-15-29-48)56(65-40-49-30-16-5-17-31-49)58(67-42-51-34-20-7-21-35-51)60(69-53)70-59-57(66-41-50-32-18-6-19-33-50)54(63-38-47-26-12-3-13-27-47)52(44-68-59)62-37-46-24-10-2-11-25-46/h1-35,52-60H,36-44H2/t52-,53-,54+,55-,56+,57-,58-,59-,60-/m1/s1. The Labute approximate surface area is 411 Å². The van der Waals surface area contributed by atoms with Crippen molar-refractivity contribution in [1.29, 1.82) is 0 Å². The van der Waals surface area contributed by atoms with E-state index in [1.54, 1.807) is 0 Å². The van der Waals surface area contributed by atoms with E-state index in [9.17, 15) is 0 Å². The predicted octanol–water partition coefficient (Wildman–Crippen LogP) is 10.8. The lowest BCUT2D eigenvalue weighted by Gasteiger charge is -2.48. The zero-order chi connectivity index (χ0) is 47.4. The van der Waals surface area contributed by atoms with Gasteiger partial charge in [-0.3, -0.25) is 0 Å². The lowest BCUT2D eigenvalue weighted by atomic mass is 9.97. The molecule has 0 unspecified atom stereocenters. The molecule has 0 saturated carbocycles. The van der Waals surface area contributed by atoms with Gasteiger partial charge in [-0.05, 0) is 38.9 Å². The smallest absolute Gasteiger partial charge is 0.190 e. The van der Waals surface area contributed by atoms with Crippen molar-refractivity contribution in [3.05, 3.63) is 251 Å². The quantitative estimate of drug-likeness (QED) is 0.0583. The maximum atomic E-state index is 7.19. The highest BCUT2D eigenvalue weighted by Crippen LogP contribution is 2.35. The van der Waals surface area contributed by atoms with Gasteiger partial charge < -0.3 is 47.4 Å². The lowest BCUT2D eigenvalue weighted by Crippen LogP contribution is -2.64. The Bertz CT molecular complexity index is 2490. The molecule has 0 aliphatic carbocycles. The van der Waals surface area contributed by atoms with E-state index in [1.807, 2.05) is 212 Å². The van der Waals surface area contributed by atoms with E-state index in [0.29, 0.717) is 26.4 Å². The number of hydrogen-bond acceptors (Lipinski definition) is 10. The molecule has 2 fully saturated rings. The second-order valence-electron chi connectivity index (χ2n) is 17.5. The first kappa shape index (κ1) is 49.1. The van der Waals surface area contributed by atoms with Crippen LogP contribution in [-0.2, 0) is 93.6 Å². The minimum absolute atomic E-state index is 0.158. The number of hydrogen-bond donors (Lipinski definition) is 0. The third-order valence-corrected chi connectivity index (χ3v) is 12.4. The van der Waals surface area contributed by atoms with Crippen LogP contribution in [0, 0.1) is 0 Å². The van der Waals surface area contributed by atoms with E-state index in [0.717, 1.165) is 38.9 Å². The maximum absolute atomic E-state index is 7.19. The zero-order valence-corrected chi connectivity index (χ0v) is 39.3. The largest absolute Gasteiger partial charge is 0.374 e. The molecule has 2 saturated heterocycles. The number of ether oxygens (including phenoxy) is 10. The Morgan fingerprint density at radius 2 is 0.629 bits per heavy atom. The van der Waals surface area contributed by atoms with E-state index in [1.165, 1.54) is 0 Å². The highest BCUT2D eigenvalue weighted by molar-refractivity contribution is 5.19. The number of benzene rings is 7. The van der Waals surface area contributed by atoms with Gasteiger partial charge in [-0.2, -0.15) is 0 Å². The number of rotatable bonds is 24. The van der Waals surface area contributed by atoms with Gasteiger partial charge in [-0.25, -0.2) is 0 Å². The van der Waals surface area contributed by atoms with Crippen LogP contribution in [0.1, 0.15) is 38.9 Å². The Kier molecular flexibility index (Phi) is 18.5. The first-order chi connectivity index (χ1) is 34.7. The van der Waals surface area contributed by atoms with Crippen molar-refractivity contribution < 1.29 is 47.4 Å². The van der Waals surface area contributed by atoms with Crippen LogP contribution < -0.4 is 0 Å². The van der Waals surface area contributed by atoms with Gasteiger partial charge in [0, 0.05) is 0 Å². The topological polar surface area (TPSA) is 92.3 Å². The minimum Gasteiger partial charge on any atom is -0.374 e. The monoisotopic (exact) mass is 942 g/mol. The third-order valence-electron chi connectivity index (χ3n) is 12.4. The van der Waals surface area contributed by atoms with Gasteiger partial charge in [-0.1, -0.05) is 212 Å². The summed E-state index contributed by atoms with van der Waals surface area (Å²) in [5.41, 5.74) is 7.04. The second kappa shape index (κ2) is 26.4. The van der Waals surface area contributed by atoms with E-state index in [2.05, 4.69) is 0 Å². The molecular formula is C60H62O10. The Hall–Kier alpha value is -5.86. The molecule has 2 aliphatic heterocycles. The Morgan fingerprint density at radius 3 is 1.03 bits per heavy atom. The van der Waals surface area contributed by atoms with Crippen molar-refractivity contribution in [2.75, 3.05) is 13.2 Å². The van der Waals surface area contributed by atoms with Gasteiger partial charge in [0.1, 0.15) is 42.7 Å². The highest BCUT2D eigenvalue weighted by Gasteiger charge is 2.52. The van der Waals surface area contributed by atoms with Crippen molar-refractivity contribution in [3.8, 4) is 0 Å². The van der Waals surface area contributed by atoms with Crippen LogP contribution in [0.5, 0.6) is 0 Å². The molecule has 2 aliphatic rings. The van der Waals surface area contributed by atoms with Crippen molar-refractivity contribution in [1.82, 2.24) is 0 Å². The first-order valence-corrected chi connectivity index (χ1v) is 24.2. The van der Waals surface area contributed by atoms with Crippen LogP contribution in [0.3, 0.4) is 0 Å². The molecule has 0 spiro atoms. The predicted molar refractivity (Wildman–Crippen MR) is 266 cm³/mol. The molecule has 0 aromatic heterocycles. The summed E-state index contributed by atoms with van der Waals surface area (Å²) in [6.45, 7) is 2.46. The van der Waals surface area contributed by atoms with E-state index < -0.39 is 55.3 Å². The molecule has 0 N–H and O–H groups in total. The summed E-state index contributed by atoms with van der Waals surface area (Å²) in [5, 5.41) is 0. The molecular weight excluding hydrogens is 881 g/mol. The van der Waals surface area contributed by atoms with Gasteiger partial charge in [0.2, 0.25) is 0 Å². The van der Waals surface area contributed by atoms with Crippen LogP contribution in [0.25, 0.3) is 0 Å². The summed E-state index contributed by atoms with van der Waals surface area (Å²) in [5.74, 6) is 0. The molecule has 10 nitrogen and oxygen atoms in total. The summed E-state index contributed by atoms with van der Waals surface area (Å²) in [6.07, 6.45) is -6.87. The summed E-state index contributed by atoms with van der Waals surface area (Å²) in [7, 11) is 0. The average Bonchev–Trinajstić information content (AvgIpc) is 3.42. The molecule has 362 valence electrons. The van der Waals surface area contributed by atoms with E-state index in [-0.39, 0.29) is 33.0 Å². The fourth-order valence-electron chi connectivity index (χ4n) is 8.68. The van der Waals surface area contributed by atoms with Gasteiger partial charge >= 0.3 is 0 Å². The van der Waals surface area contributed by atoms with Gasteiger partial charge in [-0.15, -0.1) is 0 Å². The summed E-state index contributed by atoms with van der Waals surface area (Å²) >= 11 is 0. The fourth-order valence-corrected chi connectivity index (χ4v) is 8.68. The zero-order valence-electron chi connectivity index (χ0n) is 39.3. The maximum Gasteiger partial charge on any atom is 0.190 e. The molecule has 0 radical (unpaired) electrons. The molecule has 7 aromatic carbocycles. The fraction of sp³-hybridized carbons (Fsp3) is 0.300. The van der Waals surface area contributed by atoms with Crippen LogP contribution in [-0.4, -0.2) is 68.5 Å². The molecule has 10 heteroatoms. The van der Waals surface area contributed by atoms with Gasteiger partial charge in [0.25, 0.3) is 0 Å². The lowest BCUT2D eigenvalue weighted by molar-refractivity contribution is -0.384. The molecule has 70 heavy (non-hydrogen) atoms. The Morgan fingerprint density at radius 1 is 0.314 bits per heavy atom. The summed E-state index contributed by atoms with van der Waals surface area (Å²) < 4.78 is 69.0. The first-order valence-electron chi connectivity index (χ1n) is 24.2. The SMILES string of the molecule is c1ccc(COC[C@H]2O[C@H](O[C@H]3OC[C@@H](OCc4ccccc4)[C@H](OCc4ccccc4)[C@H]3OCc3ccccc3)[C@H](OCc3ccccc3)[C@@H](OCc3ccccc3)[C@@H]2OCc2ccccc2)cc1. The summed E-state index contributed by atoms with van der Waals surface area (Å²) in [6, 6.07) is 70.5. The van der Waals surface area contributed by atoms with Crippen LogP contribution >= 0.6 is 0 Å². The molecule has 9 atom stereocenters. The van der Waals surface area contributed by atoms with Crippen molar-refractivity contribution >= 4 is 0 Å². The van der Waals surface area contributed by atoms with Gasteiger partial charge in [0.15, 0.2) is 12.6 Å². The average molecular weight is 943 g/mol. The molecule has 7 aromatic rings. The van der Waals surface area contributed by atoms with Crippen LogP contribution in [0.4, 0.5) is 0 Å². The molecule has 9 rings (SSSR count). The van der Waals surface area contributed by atoms with Gasteiger partial charge in [0.05, 0.1) is 59.5 Å². The van der Waals surface area contributed by atoms with Crippen LogP contribution in [0.15, 0.2) is 212 Å². The van der Waals surface area contributed by atoms with Crippen LogP contribution in [0.2, 0.25) is 0 Å². The van der Waals surface area contributed by atoms with E-state index >= 15 is 0 Å². The summed E-state index contributed by atoms with van der Waals surface area (Å²) in [4.78, 5) is 0. The van der Waals surface area contributed by atoms with Crippen molar-refractivity contribution in [2.45, 2.75) is 102 Å².